The van der Waals surface area contributed by atoms with Crippen molar-refractivity contribution in [2.75, 3.05) is 5.43 Å². The van der Waals surface area contributed by atoms with Crippen molar-refractivity contribution >= 4 is 23.7 Å². The second-order valence-corrected chi connectivity index (χ2v) is 3.93. The smallest absolute Gasteiger partial charge is 0.272 e. The normalized spacial score (nSPS) is 11.0. The van der Waals surface area contributed by atoms with Gasteiger partial charge >= 0.3 is 0 Å². The summed E-state index contributed by atoms with van der Waals surface area (Å²) in [6, 6.07) is 16.1. The third-order valence-corrected chi connectivity index (χ3v) is 2.53. The van der Waals surface area contributed by atoms with E-state index < -0.39 is 4.92 Å². The summed E-state index contributed by atoms with van der Waals surface area (Å²) >= 11 is 0. The fraction of sp³-hybridized carbons (Fsp3) is 0. The van der Waals surface area contributed by atoms with Crippen molar-refractivity contribution in [3.8, 4) is 0 Å². The van der Waals surface area contributed by atoms with Gasteiger partial charge in [-0.3, -0.25) is 15.5 Å². The molecule has 0 radical (unpaired) electrons. The van der Waals surface area contributed by atoms with Crippen LogP contribution in [0.4, 0.5) is 11.4 Å². The molecule has 0 spiro atoms. The van der Waals surface area contributed by atoms with Crippen LogP contribution in [-0.2, 0) is 0 Å². The summed E-state index contributed by atoms with van der Waals surface area (Å²) in [6.07, 6.45) is 5.20. The lowest BCUT2D eigenvalue weighted by Crippen LogP contribution is -1.95. The van der Waals surface area contributed by atoms with E-state index in [1.165, 1.54) is 6.07 Å². The maximum Gasteiger partial charge on any atom is 0.294 e. The molecule has 2 rings (SSSR count). The third-order valence-electron chi connectivity index (χ3n) is 2.53. The van der Waals surface area contributed by atoms with Crippen molar-refractivity contribution < 1.29 is 4.92 Å². The van der Waals surface area contributed by atoms with Crippen LogP contribution in [0.3, 0.4) is 0 Å². The van der Waals surface area contributed by atoms with Crippen LogP contribution in [0.5, 0.6) is 0 Å². The molecule has 0 aromatic heterocycles. The van der Waals surface area contributed by atoms with Gasteiger partial charge in [0.05, 0.1) is 4.92 Å². The minimum absolute atomic E-state index is 0.00307. The van der Waals surface area contributed by atoms with Gasteiger partial charge in [-0.05, 0) is 17.7 Å². The molecule has 0 bridgehead atoms. The van der Waals surface area contributed by atoms with E-state index >= 15 is 0 Å². The lowest BCUT2D eigenvalue weighted by molar-refractivity contribution is -0.384. The summed E-state index contributed by atoms with van der Waals surface area (Å²) < 4.78 is 0. The lowest BCUT2D eigenvalue weighted by Gasteiger charge is -2.00. The van der Waals surface area contributed by atoms with Gasteiger partial charge in [-0.25, -0.2) is 0 Å². The van der Waals surface area contributed by atoms with Gasteiger partial charge in [0, 0.05) is 12.3 Å². The summed E-state index contributed by atoms with van der Waals surface area (Å²) in [7, 11) is 0. The van der Waals surface area contributed by atoms with Crippen LogP contribution < -0.4 is 5.43 Å². The van der Waals surface area contributed by atoms with Crippen LogP contribution >= 0.6 is 0 Å². The van der Waals surface area contributed by atoms with E-state index in [9.17, 15) is 10.1 Å². The molecule has 0 amide bonds. The Morgan fingerprint density at radius 2 is 1.75 bits per heavy atom. The van der Waals surface area contributed by atoms with E-state index in [-0.39, 0.29) is 5.69 Å². The Hall–Kier alpha value is -2.95. The minimum atomic E-state index is -0.447. The quantitative estimate of drug-likeness (QED) is 0.510. The van der Waals surface area contributed by atoms with Crippen LogP contribution in [0.25, 0.3) is 6.08 Å². The van der Waals surface area contributed by atoms with E-state index in [1.807, 2.05) is 36.4 Å². The van der Waals surface area contributed by atoms with E-state index in [4.69, 9.17) is 0 Å². The maximum absolute atomic E-state index is 10.8. The summed E-state index contributed by atoms with van der Waals surface area (Å²) in [5.41, 5.74) is 4.08. The van der Waals surface area contributed by atoms with Crippen LogP contribution in [-0.4, -0.2) is 11.1 Å². The maximum atomic E-state index is 10.8. The molecule has 2 aromatic rings. The van der Waals surface area contributed by atoms with E-state index in [0.717, 1.165) is 5.56 Å². The summed E-state index contributed by atoms with van der Waals surface area (Å²) in [5.74, 6) is 0. The first-order chi connectivity index (χ1) is 9.77. The average Bonchev–Trinajstić information content (AvgIpc) is 2.48. The van der Waals surface area contributed by atoms with Gasteiger partial charge in [0.15, 0.2) is 0 Å². The van der Waals surface area contributed by atoms with Crippen molar-refractivity contribution in [3.05, 3.63) is 76.4 Å². The highest BCUT2D eigenvalue weighted by molar-refractivity contribution is 5.79. The summed E-state index contributed by atoms with van der Waals surface area (Å²) in [5, 5.41) is 14.7. The Morgan fingerprint density at radius 1 is 1.05 bits per heavy atom. The molecule has 0 heterocycles. The summed E-state index contributed by atoms with van der Waals surface area (Å²) in [4.78, 5) is 10.3. The topological polar surface area (TPSA) is 67.5 Å². The summed E-state index contributed by atoms with van der Waals surface area (Å²) in [6.45, 7) is 0. The first kappa shape index (κ1) is 13.5. The largest absolute Gasteiger partial charge is 0.294 e. The van der Waals surface area contributed by atoms with E-state index in [2.05, 4.69) is 10.5 Å². The first-order valence-electron chi connectivity index (χ1n) is 6.01. The van der Waals surface area contributed by atoms with E-state index in [1.54, 1.807) is 30.5 Å². The monoisotopic (exact) mass is 267 g/mol. The Labute approximate surface area is 116 Å². The van der Waals surface area contributed by atoms with Crippen LogP contribution in [0.1, 0.15) is 5.56 Å². The van der Waals surface area contributed by atoms with Crippen molar-refractivity contribution in [2.24, 2.45) is 5.10 Å². The Morgan fingerprint density at radius 3 is 2.50 bits per heavy atom. The Kier molecular flexibility index (Phi) is 4.61. The second-order valence-electron chi connectivity index (χ2n) is 3.93. The number of anilines is 1. The fourth-order valence-corrected chi connectivity index (χ4v) is 1.60. The van der Waals surface area contributed by atoms with Gasteiger partial charge in [0.25, 0.3) is 5.69 Å². The van der Waals surface area contributed by atoms with Crippen molar-refractivity contribution in [3.63, 3.8) is 0 Å². The standard InChI is InChI=1S/C15H13N3O2/c19-18(20)15-11-5-4-10-14(15)17-16-12-6-9-13-7-2-1-3-8-13/h1-12,17H/b9-6+,16-12-. The van der Waals surface area contributed by atoms with Crippen LogP contribution in [0.15, 0.2) is 65.8 Å². The minimum Gasteiger partial charge on any atom is -0.272 e. The predicted octanol–water partition coefficient (Wildman–Crippen LogP) is 3.71. The zero-order valence-electron chi connectivity index (χ0n) is 10.6. The number of benzene rings is 2. The number of nitro benzene ring substituents is 1. The molecule has 0 atom stereocenters. The van der Waals surface area contributed by atoms with Gasteiger partial charge in [-0.15, -0.1) is 0 Å². The van der Waals surface area contributed by atoms with Gasteiger partial charge in [-0.2, -0.15) is 5.10 Å². The molecule has 20 heavy (non-hydrogen) atoms. The van der Waals surface area contributed by atoms with Crippen LogP contribution in [0, 0.1) is 10.1 Å². The van der Waals surface area contributed by atoms with Crippen molar-refractivity contribution in [1.82, 2.24) is 0 Å². The average molecular weight is 267 g/mol. The molecule has 0 aliphatic heterocycles. The fourth-order valence-electron chi connectivity index (χ4n) is 1.60. The van der Waals surface area contributed by atoms with E-state index in [0.29, 0.717) is 5.69 Å². The first-order valence-corrected chi connectivity index (χ1v) is 6.01. The van der Waals surface area contributed by atoms with Crippen molar-refractivity contribution in [2.45, 2.75) is 0 Å². The molecule has 0 unspecified atom stereocenters. The predicted molar refractivity (Wildman–Crippen MR) is 80.7 cm³/mol. The molecule has 5 heteroatoms. The molecule has 100 valence electrons. The molecular weight excluding hydrogens is 254 g/mol. The van der Waals surface area contributed by atoms with Crippen molar-refractivity contribution in [1.29, 1.82) is 0 Å². The number of para-hydroxylation sites is 2. The molecule has 0 saturated carbocycles. The number of hydrogen-bond acceptors (Lipinski definition) is 4. The molecule has 1 N–H and O–H groups in total. The molecule has 0 aliphatic carbocycles. The van der Waals surface area contributed by atoms with Gasteiger partial charge < -0.3 is 0 Å². The number of hydrogen-bond donors (Lipinski definition) is 1. The number of nitrogens with zero attached hydrogens (tertiary/aromatic N) is 2. The molecule has 5 nitrogen and oxygen atoms in total. The second kappa shape index (κ2) is 6.84. The number of nitrogens with one attached hydrogen (secondary N) is 1. The Bertz CT molecular complexity index is 637. The highest BCUT2D eigenvalue weighted by Gasteiger charge is 2.10. The molecule has 2 aromatic carbocycles. The van der Waals surface area contributed by atoms with Gasteiger partial charge in [-0.1, -0.05) is 48.5 Å². The zero-order chi connectivity index (χ0) is 14.2. The molecule has 0 aliphatic rings. The molecular formula is C15H13N3O2. The Balaban J connectivity index is 1.97. The van der Waals surface area contributed by atoms with Gasteiger partial charge in [0.2, 0.25) is 0 Å². The molecule has 0 saturated heterocycles. The highest BCUT2D eigenvalue weighted by atomic mass is 16.6. The SMILES string of the molecule is O=[N+]([O-])c1ccccc1N/N=C\C=C\c1ccccc1. The lowest BCUT2D eigenvalue weighted by atomic mass is 10.2. The third kappa shape index (κ3) is 3.78. The number of hydrazone groups is 1. The van der Waals surface area contributed by atoms with Gasteiger partial charge in [0.1, 0.15) is 5.69 Å². The zero-order valence-corrected chi connectivity index (χ0v) is 10.6. The molecule has 0 fully saturated rings. The number of rotatable bonds is 5. The number of nitro groups is 1. The highest BCUT2D eigenvalue weighted by Crippen LogP contribution is 2.22. The van der Waals surface area contributed by atoms with Crippen LogP contribution in [0.2, 0.25) is 0 Å². The number of allylic oxidation sites excluding steroid dienone is 1.